The quantitative estimate of drug-likeness (QED) is 0.859. The summed E-state index contributed by atoms with van der Waals surface area (Å²) in [6.07, 6.45) is 2.66. The predicted molar refractivity (Wildman–Crippen MR) is 64.5 cm³/mol. The zero-order valence-corrected chi connectivity index (χ0v) is 10.5. The third-order valence-electron chi connectivity index (χ3n) is 2.35. The number of carboxylic acids is 1. The Hall–Kier alpha value is -0.480. The van der Waals surface area contributed by atoms with E-state index in [9.17, 15) is 4.79 Å². The van der Waals surface area contributed by atoms with Gasteiger partial charge in [-0.05, 0) is 52.9 Å². The minimum Gasteiger partial charge on any atom is -0.478 e. The van der Waals surface area contributed by atoms with Crippen LogP contribution >= 0.6 is 27.7 Å². The van der Waals surface area contributed by atoms with E-state index in [1.54, 1.807) is 23.9 Å². The Labute approximate surface area is 101 Å². The Morgan fingerprint density at radius 3 is 2.87 bits per heavy atom. The van der Waals surface area contributed by atoms with Gasteiger partial charge in [-0.25, -0.2) is 4.79 Å². The van der Waals surface area contributed by atoms with Crippen molar-refractivity contribution >= 4 is 33.7 Å². The van der Waals surface area contributed by atoms with Crippen LogP contribution in [0, 0.1) is 5.92 Å². The molecule has 80 valence electrons. The average Bonchev–Trinajstić information content (AvgIpc) is 3.00. The Morgan fingerprint density at radius 1 is 1.53 bits per heavy atom. The highest BCUT2D eigenvalue weighted by Gasteiger charge is 2.21. The van der Waals surface area contributed by atoms with Gasteiger partial charge in [0.05, 0.1) is 5.56 Å². The van der Waals surface area contributed by atoms with Crippen LogP contribution in [0.5, 0.6) is 0 Å². The fourth-order valence-electron chi connectivity index (χ4n) is 1.26. The van der Waals surface area contributed by atoms with E-state index in [0.29, 0.717) is 10.0 Å². The molecule has 4 heteroatoms. The molecule has 0 spiro atoms. The normalized spacial score (nSPS) is 15.3. The van der Waals surface area contributed by atoms with Gasteiger partial charge in [0, 0.05) is 15.1 Å². The van der Waals surface area contributed by atoms with Crippen LogP contribution < -0.4 is 0 Å². The van der Waals surface area contributed by atoms with E-state index in [4.69, 9.17) is 5.11 Å². The van der Waals surface area contributed by atoms with Gasteiger partial charge in [-0.3, -0.25) is 0 Å². The molecule has 2 rings (SSSR count). The second-order valence-electron chi connectivity index (χ2n) is 3.70. The summed E-state index contributed by atoms with van der Waals surface area (Å²) in [6, 6.07) is 5.50. The molecule has 0 atom stereocenters. The highest BCUT2D eigenvalue weighted by molar-refractivity contribution is 9.10. The number of halogens is 1. The highest BCUT2D eigenvalue weighted by atomic mass is 79.9. The van der Waals surface area contributed by atoms with Gasteiger partial charge in [0.15, 0.2) is 0 Å². The van der Waals surface area contributed by atoms with Gasteiger partial charge in [0.1, 0.15) is 0 Å². The van der Waals surface area contributed by atoms with E-state index in [2.05, 4.69) is 15.9 Å². The number of aromatic carboxylic acids is 1. The molecular weight excluding hydrogens is 276 g/mol. The largest absolute Gasteiger partial charge is 0.478 e. The molecule has 0 radical (unpaired) electrons. The van der Waals surface area contributed by atoms with Gasteiger partial charge in [-0.2, -0.15) is 0 Å². The molecule has 0 bridgehead atoms. The lowest BCUT2D eigenvalue weighted by Gasteiger charge is -2.03. The van der Waals surface area contributed by atoms with Crippen LogP contribution in [0.4, 0.5) is 0 Å². The number of hydrogen-bond acceptors (Lipinski definition) is 2. The molecule has 0 unspecified atom stereocenters. The molecular formula is C11H11BrO2S. The lowest BCUT2D eigenvalue weighted by molar-refractivity contribution is 0.0695. The standard InChI is InChI=1S/C11H11BrO2S/c12-10-4-3-8(5-9(10)11(13)14)15-6-7-1-2-7/h3-5,7H,1-2,6H2,(H,13,14). The molecule has 1 N–H and O–H groups in total. The van der Waals surface area contributed by atoms with Crippen molar-refractivity contribution in [1.82, 2.24) is 0 Å². The highest BCUT2D eigenvalue weighted by Crippen LogP contribution is 2.35. The summed E-state index contributed by atoms with van der Waals surface area (Å²) < 4.78 is 0.644. The zero-order valence-electron chi connectivity index (χ0n) is 8.07. The third kappa shape index (κ3) is 2.98. The first-order chi connectivity index (χ1) is 7.16. The lowest BCUT2D eigenvalue weighted by atomic mass is 10.2. The molecule has 1 aliphatic rings. The molecule has 1 fully saturated rings. The summed E-state index contributed by atoms with van der Waals surface area (Å²) in [5.74, 6) is 1.09. The van der Waals surface area contributed by atoms with Gasteiger partial charge < -0.3 is 5.11 Å². The second kappa shape index (κ2) is 4.58. The minimum absolute atomic E-state index is 0.343. The monoisotopic (exact) mass is 286 g/mol. The fourth-order valence-corrected chi connectivity index (χ4v) is 2.80. The van der Waals surface area contributed by atoms with Crippen molar-refractivity contribution in [2.75, 3.05) is 5.75 Å². The van der Waals surface area contributed by atoms with Gasteiger partial charge in [0.25, 0.3) is 0 Å². The van der Waals surface area contributed by atoms with E-state index in [0.717, 1.165) is 16.6 Å². The molecule has 15 heavy (non-hydrogen) atoms. The van der Waals surface area contributed by atoms with Crippen molar-refractivity contribution in [3.63, 3.8) is 0 Å². The van der Waals surface area contributed by atoms with Crippen LogP contribution in [0.1, 0.15) is 23.2 Å². The van der Waals surface area contributed by atoms with Crippen molar-refractivity contribution in [2.24, 2.45) is 5.92 Å². The number of thioether (sulfide) groups is 1. The van der Waals surface area contributed by atoms with Crippen LogP contribution in [0.25, 0.3) is 0 Å². The summed E-state index contributed by atoms with van der Waals surface area (Å²) in [5, 5.41) is 8.94. The first kappa shape index (κ1) is 11.0. The van der Waals surface area contributed by atoms with Crippen molar-refractivity contribution in [1.29, 1.82) is 0 Å². The number of carbonyl (C=O) groups is 1. The SMILES string of the molecule is O=C(O)c1cc(SCC2CC2)ccc1Br. The van der Waals surface area contributed by atoms with Crippen molar-refractivity contribution in [2.45, 2.75) is 17.7 Å². The third-order valence-corrected chi connectivity index (χ3v) is 4.27. The van der Waals surface area contributed by atoms with Gasteiger partial charge in [0.2, 0.25) is 0 Å². The van der Waals surface area contributed by atoms with Crippen LogP contribution in [0.15, 0.2) is 27.6 Å². The summed E-state index contributed by atoms with van der Waals surface area (Å²) in [4.78, 5) is 11.9. The summed E-state index contributed by atoms with van der Waals surface area (Å²) >= 11 is 4.98. The molecule has 2 nitrogen and oxygen atoms in total. The molecule has 0 heterocycles. The maximum atomic E-state index is 10.9. The summed E-state index contributed by atoms with van der Waals surface area (Å²) in [7, 11) is 0. The Morgan fingerprint density at radius 2 is 2.27 bits per heavy atom. The minimum atomic E-state index is -0.879. The number of carboxylic acid groups (broad SMARTS) is 1. The van der Waals surface area contributed by atoms with Crippen LogP contribution in [0.3, 0.4) is 0 Å². The molecule has 0 amide bonds. The van der Waals surface area contributed by atoms with E-state index in [1.165, 1.54) is 12.8 Å². The topological polar surface area (TPSA) is 37.3 Å². The van der Waals surface area contributed by atoms with Crippen molar-refractivity contribution in [3.05, 3.63) is 28.2 Å². The van der Waals surface area contributed by atoms with E-state index >= 15 is 0 Å². The van der Waals surface area contributed by atoms with E-state index in [-0.39, 0.29) is 0 Å². The molecule has 1 aromatic carbocycles. The zero-order chi connectivity index (χ0) is 10.8. The number of rotatable bonds is 4. The number of hydrogen-bond donors (Lipinski definition) is 1. The van der Waals surface area contributed by atoms with E-state index < -0.39 is 5.97 Å². The summed E-state index contributed by atoms with van der Waals surface area (Å²) in [5.41, 5.74) is 0.343. The molecule has 0 aliphatic heterocycles. The predicted octanol–water partition coefficient (Wildman–Crippen LogP) is 3.65. The Balaban J connectivity index is 2.10. The van der Waals surface area contributed by atoms with Crippen molar-refractivity contribution < 1.29 is 9.90 Å². The van der Waals surface area contributed by atoms with Crippen LogP contribution in [-0.2, 0) is 0 Å². The maximum absolute atomic E-state index is 10.9. The van der Waals surface area contributed by atoms with Crippen LogP contribution in [-0.4, -0.2) is 16.8 Å². The molecule has 0 saturated heterocycles. The molecule has 1 aliphatic carbocycles. The smallest absolute Gasteiger partial charge is 0.336 e. The second-order valence-corrected chi connectivity index (χ2v) is 5.65. The first-order valence-corrected chi connectivity index (χ1v) is 6.60. The van der Waals surface area contributed by atoms with Crippen molar-refractivity contribution in [3.8, 4) is 0 Å². The first-order valence-electron chi connectivity index (χ1n) is 4.82. The molecule has 1 aromatic rings. The van der Waals surface area contributed by atoms with Gasteiger partial charge in [-0.1, -0.05) is 0 Å². The van der Waals surface area contributed by atoms with Gasteiger partial charge in [-0.15, -0.1) is 11.8 Å². The van der Waals surface area contributed by atoms with Crippen LogP contribution in [0.2, 0.25) is 0 Å². The lowest BCUT2D eigenvalue weighted by Crippen LogP contribution is -1.97. The number of benzene rings is 1. The maximum Gasteiger partial charge on any atom is 0.336 e. The fraction of sp³-hybridized carbons (Fsp3) is 0.364. The Kier molecular flexibility index (Phi) is 3.36. The average molecular weight is 287 g/mol. The molecule has 1 saturated carbocycles. The van der Waals surface area contributed by atoms with E-state index in [1.807, 2.05) is 6.07 Å². The Bertz CT molecular complexity index is 388. The molecule has 0 aromatic heterocycles. The summed E-state index contributed by atoms with van der Waals surface area (Å²) in [6.45, 7) is 0. The van der Waals surface area contributed by atoms with Gasteiger partial charge >= 0.3 is 5.97 Å².